The molecule has 0 bridgehead atoms. The van der Waals surface area contributed by atoms with Crippen LogP contribution >= 0.6 is 0 Å². The zero-order chi connectivity index (χ0) is 20.3. The average molecular weight is 396 g/mol. The van der Waals surface area contributed by atoms with Crippen LogP contribution in [0.4, 0.5) is 18.9 Å². The first-order valence-electron chi connectivity index (χ1n) is 8.62. The SMILES string of the molecule is NC(=O)[C@@H]1CCCN(CC(=O)Nc2cc(C(F)(F)F)ccc2-n2cncn2)C1. The van der Waals surface area contributed by atoms with Crippen LogP contribution in [0.1, 0.15) is 18.4 Å². The first kappa shape index (κ1) is 19.8. The summed E-state index contributed by atoms with van der Waals surface area (Å²) in [7, 11) is 0. The topological polar surface area (TPSA) is 106 Å². The van der Waals surface area contributed by atoms with Crippen molar-refractivity contribution >= 4 is 17.5 Å². The van der Waals surface area contributed by atoms with Crippen molar-refractivity contribution in [1.82, 2.24) is 19.7 Å². The fraction of sp³-hybridized carbons (Fsp3) is 0.412. The highest BCUT2D eigenvalue weighted by Crippen LogP contribution is 2.33. The van der Waals surface area contributed by atoms with E-state index < -0.39 is 23.6 Å². The van der Waals surface area contributed by atoms with E-state index in [4.69, 9.17) is 5.73 Å². The number of nitrogens with two attached hydrogens (primary N) is 1. The predicted octanol–water partition coefficient (Wildman–Crippen LogP) is 1.42. The van der Waals surface area contributed by atoms with Crippen molar-refractivity contribution in [2.75, 3.05) is 25.0 Å². The van der Waals surface area contributed by atoms with Crippen LogP contribution in [0.15, 0.2) is 30.9 Å². The number of halogens is 3. The minimum atomic E-state index is -4.55. The molecule has 1 atom stereocenters. The number of aromatic nitrogens is 3. The van der Waals surface area contributed by atoms with Crippen molar-refractivity contribution in [3.8, 4) is 5.69 Å². The third-order valence-corrected chi connectivity index (χ3v) is 4.54. The second-order valence-corrected chi connectivity index (χ2v) is 6.59. The Hall–Kier alpha value is -2.95. The standard InChI is InChI=1S/C17H19F3N6O2/c18-17(19,20)12-3-4-14(26-10-22-9-23-26)13(6-12)24-15(27)8-25-5-1-2-11(7-25)16(21)28/h3-4,6,9-11H,1-2,5,7-8H2,(H2,21,28)(H,24,27)/t11-/m1/s1. The molecule has 2 amide bonds. The summed E-state index contributed by atoms with van der Waals surface area (Å²) in [4.78, 5) is 29.3. The van der Waals surface area contributed by atoms with Crippen LogP contribution in [-0.4, -0.2) is 51.1 Å². The number of alkyl halides is 3. The van der Waals surface area contributed by atoms with E-state index in [1.54, 1.807) is 4.90 Å². The number of carbonyl (C=O) groups is 2. The predicted molar refractivity (Wildman–Crippen MR) is 93.3 cm³/mol. The number of anilines is 1. The van der Waals surface area contributed by atoms with E-state index in [1.807, 2.05) is 0 Å². The molecule has 0 spiro atoms. The first-order chi connectivity index (χ1) is 13.2. The highest BCUT2D eigenvalue weighted by Gasteiger charge is 2.32. The zero-order valence-electron chi connectivity index (χ0n) is 14.8. The molecule has 28 heavy (non-hydrogen) atoms. The maximum absolute atomic E-state index is 13.1. The molecule has 3 N–H and O–H groups in total. The highest BCUT2D eigenvalue weighted by molar-refractivity contribution is 5.94. The zero-order valence-corrected chi connectivity index (χ0v) is 14.8. The highest BCUT2D eigenvalue weighted by atomic mass is 19.4. The Morgan fingerprint density at radius 1 is 1.32 bits per heavy atom. The van der Waals surface area contributed by atoms with E-state index in [0.29, 0.717) is 25.9 Å². The van der Waals surface area contributed by atoms with Gasteiger partial charge in [-0.1, -0.05) is 0 Å². The fourth-order valence-corrected chi connectivity index (χ4v) is 3.17. The summed E-state index contributed by atoms with van der Waals surface area (Å²) in [5.74, 6) is -1.25. The molecule has 150 valence electrons. The number of hydrogen-bond donors (Lipinski definition) is 2. The lowest BCUT2D eigenvalue weighted by Gasteiger charge is -2.30. The Bertz CT molecular complexity index is 853. The van der Waals surface area contributed by atoms with Crippen molar-refractivity contribution in [2.45, 2.75) is 19.0 Å². The lowest BCUT2D eigenvalue weighted by molar-refractivity contribution is -0.137. The minimum Gasteiger partial charge on any atom is -0.369 e. The Kier molecular flexibility index (Phi) is 5.63. The maximum Gasteiger partial charge on any atom is 0.416 e. The van der Waals surface area contributed by atoms with Gasteiger partial charge >= 0.3 is 6.18 Å². The molecule has 0 saturated carbocycles. The smallest absolute Gasteiger partial charge is 0.369 e. The van der Waals surface area contributed by atoms with Gasteiger partial charge in [-0.05, 0) is 37.6 Å². The molecular weight excluding hydrogens is 377 g/mol. The van der Waals surface area contributed by atoms with Crippen molar-refractivity contribution in [3.63, 3.8) is 0 Å². The number of likely N-dealkylation sites (tertiary alicyclic amines) is 1. The third-order valence-electron chi connectivity index (χ3n) is 4.54. The number of nitrogens with zero attached hydrogens (tertiary/aromatic N) is 4. The molecule has 0 radical (unpaired) electrons. The molecular formula is C17H19F3N6O2. The molecule has 0 aliphatic carbocycles. The van der Waals surface area contributed by atoms with Gasteiger partial charge in [-0.3, -0.25) is 14.5 Å². The van der Waals surface area contributed by atoms with Crippen molar-refractivity contribution < 1.29 is 22.8 Å². The first-order valence-corrected chi connectivity index (χ1v) is 8.62. The lowest BCUT2D eigenvalue weighted by atomic mass is 9.97. The average Bonchev–Trinajstić information content (AvgIpc) is 3.15. The van der Waals surface area contributed by atoms with Gasteiger partial charge in [0, 0.05) is 6.54 Å². The van der Waals surface area contributed by atoms with Gasteiger partial charge in [0.1, 0.15) is 12.7 Å². The number of amides is 2. The van der Waals surface area contributed by atoms with Gasteiger partial charge in [-0.25, -0.2) is 9.67 Å². The van der Waals surface area contributed by atoms with Gasteiger partial charge in [-0.15, -0.1) is 0 Å². The van der Waals surface area contributed by atoms with E-state index in [-0.39, 0.29) is 23.8 Å². The minimum absolute atomic E-state index is 0.0335. The summed E-state index contributed by atoms with van der Waals surface area (Å²) in [6.07, 6.45) is -0.616. The fourth-order valence-electron chi connectivity index (χ4n) is 3.17. The molecule has 1 aliphatic rings. The number of primary amides is 1. The van der Waals surface area contributed by atoms with Crippen molar-refractivity contribution in [2.24, 2.45) is 11.7 Å². The summed E-state index contributed by atoms with van der Waals surface area (Å²) >= 11 is 0. The third kappa shape index (κ3) is 4.66. The van der Waals surface area contributed by atoms with Crippen molar-refractivity contribution in [1.29, 1.82) is 0 Å². The van der Waals surface area contributed by atoms with Gasteiger partial charge in [0.25, 0.3) is 0 Å². The van der Waals surface area contributed by atoms with Crippen LogP contribution in [-0.2, 0) is 15.8 Å². The van der Waals surface area contributed by atoms with E-state index in [0.717, 1.165) is 12.1 Å². The molecule has 1 aliphatic heterocycles. The largest absolute Gasteiger partial charge is 0.416 e. The second-order valence-electron chi connectivity index (χ2n) is 6.59. The summed E-state index contributed by atoms with van der Waals surface area (Å²) < 4.78 is 40.5. The molecule has 8 nitrogen and oxygen atoms in total. The molecule has 1 fully saturated rings. The Morgan fingerprint density at radius 3 is 2.75 bits per heavy atom. The van der Waals surface area contributed by atoms with Gasteiger partial charge in [0.15, 0.2) is 0 Å². The molecule has 11 heteroatoms. The number of hydrogen-bond acceptors (Lipinski definition) is 5. The van der Waals surface area contributed by atoms with Gasteiger partial charge in [-0.2, -0.15) is 18.3 Å². The molecule has 1 saturated heterocycles. The van der Waals surface area contributed by atoms with Crippen LogP contribution in [0.3, 0.4) is 0 Å². The molecule has 2 aromatic rings. The van der Waals surface area contributed by atoms with Crippen LogP contribution in [0.2, 0.25) is 0 Å². The summed E-state index contributed by atoms with van der Waals surface area (Å²) in [5, 5.41) is 6.42. The van der Waals surface area contributed by atoms with Crippen LogP contribution in [0, 0.1) is 5.92 Å². The number of benzene rings is 1. The number of rotatable bonds is 5. The summed E-state index contributed by atoms with van der Waals surface area (Å²) in [5.41, 5.74) is 4.66. The Morgan fingerprint density at radius 2 is 2.11 bits per heavy atom. The van der Waals surface area contributed by atoms with Crippen molar-refractivity contribution in [3.05, 3.63) is 36.4 Å². The van der Waals surface area contributed by atoms with E-state index >= 15 is 0 Å². The van der Waals surface area contributed by atoms with Crippen LogP contribution < -0.4 is 11.1 Å². The number of nitrogens with one attached hydrogen (secondary N) is 1. The van der Waals surface area contributed by atoms with Crippen LogP contribution in [0.5, 0.6) is 0 Å². The van der Waals surface area contributed by atoms with Crippen LogP contribution in [0.25, 0.3) is 5.69 Å². The van der Waals surface area contributed by atoms with E-state index in [9.17, 15) is 22.8 Å². The number of piperidine rings is 1. The Balaban J connectivity index is 1.78. The molecule has 3 rings (SSSR count). The summed E-state index contributed by atoms with van der Waals surface area (Å²) in [6.45, 7) is 0.897. The van der Waals surface area contributed by atoms with Gasteiger partial charge in [0.05, 0.1) is 29.4 Å². The Labute approximate surface area is 158 Å². The monoisotopic (exact) mass is 396 g/mol. The van der Waals surface area contributed by atoms with E-state index in [1.165, 1.54) is 23.4 Å². The normalized spacial score (nSPS) is 18.0. The molecule has 1 aromatic heterocycles. The molecule has 2 heterocycles. The summed E-state index contributed by atoms with van der Waals surface area (Å²) in [6, 6.07) is 2.99. The van der Waals surface area contributed by atoms with E-state index in [2.05, 4.69) is 15.4 Å². The molecule has 1 aromatic carbocycles. The lowest BCUT2D eigenvalue weighted by Crippen LogP contribution is -2.44. The molecule has 0 unspecified atom stereocenters. The maximum atomic E-state index is 13.1. The van der Waals surface area contributed by atoms with Gasteiger partial charge < -0.3 is 11.1 Å². The second kappa shape index (κ2) is 7.97. The quantitative estimate of drug-likeness (QED) is 0.795. The van der Waals surface area contributed by atoms with Gasteiger partial charge in [0.2, 0.25) is 11.8 Å². The number of carbonyl (C=O) groups excluding carboxylic acids is 2.